The first-order valence-electron chi connectivity index (χ1n) is 4.80. The molecule has 2 rings (SSSR count). The summed E-state index contributed by atoms with van der Waals surface area (Å²) in [6, 6.07) is 2.96. The third-order valence-electron chi connectivity index (χ3n) is 2.61. The molecule has 0 aliphatic carbocycles. The molecule has 0 fully saturated rings. The molecule has 1 amide bonds. The minimum Gasteiger partial charge on any atom is -0.480 e. The minimum atomic E-state index is -1.18. The predicted molar refractivity (Wildman–Crippen MR) is 60.5 cm³/mol. The third kappa shape index (κ3) is 1.68. The fourth-order valence-corrected chi connectivity index (χ4v) is 1.98. The summed E-state index contributed by atoms with van der Waals surface area (Å²) in [5, 5.41) is 9.12. The number of fused-ring (bicyclic) bond motifs is 1. The predicted octanol–water partition coefficient (Wildman–Crippen LogP) is 1.26. The van der Waals surface area contributed by atoms with E-state index in [-0.39, 0.29) is 5.56 Å². The van der Waals surface area contributed by atoms with Crippen molar-refractivity contribution in [2.45, 2.75) is 6.92 Å². The van der Waals surface area contributed by atoms with Gasteiger partial charge in [-0.3, -0.25) is 19.3 Å². The number of nitrogens with zero attached hydrogens (tertiary/aromatic N) is 1. The molecule has 1 heterocycles. The van der Waals surface area contributed by atoms with Gasteiger partial charge in [0, 0.05) is 5.02 Å². The van der Waals surface area contributed by atoms with Gasteiger partial charge in [-0.1, -0.05) is 11.6 Å². The van der Waals surface area contributed by atoms with E-state index in [1.165, 1.54) is 12.1 Å². The molecule has 1 aliphatic heterocycles. The monoisotopic (exact) mass is 253 g/mol. The quantitative estimate of drug-likeness (QED) is 0.806. The van der Waals surface area contributed by atoms with Gasteiger partial charge in [0.05, 0.1) is 11.3 Å². The highest BCUT2D eigenvalue weighted by molar-refractivity contribution is 6.53. The van der Waals surface area contributed by atoms with E-state index in [1.54, 1.807) is 6.92 Å². The van der Waals surface area contributed by atoms with Crippen LogP contribution in [-0.4, -0.2) is 29.3 Å². The Morgan fingerprint density at radius 1 is 1.41 bits per heavy atom. The third-order valence-corrected chi connectivity index (χ3v) is 3.02. The van der Waals surface area contributed by atoms with E-state index in [2.05, 4.69) is 0 Å². The van der Waals surface area contributed by atoms with E-state index in [9.17, 15) is 14.4 Å². The Hall–Kier alpha value is -1.88. The average molecular weight is 254 g/mol. The van der Waals surface area contributed by atoms with Crippen LogP contribution in [0.4, 0.5) is 5.69 Å². The number of benzene rings is 1. The molecule has 0 radical (unpaired) electrons. The number of hydrogen-bond acceptors (Lipinski definition) is 3. The highest BCUT2D eigenvalue weighted by atomic mass is 35.5. The molecule has 0 saturated carbocycles. The van der Waals surface area contributed by atoms with Gasteiger partial charge in [0.1, 0.15) is 6.54 Å². The molecular weight excluding hydrogens is 246 g/mol. The first kappa shape index (κ1) is 11.6. The Labute approximate surface area is 102 Å². The number of carbonyl (C=O) groups is 3. The van der Waals surface area contributed by atoms with Gasteiger partial charge in [-0.15, -0.1) is 0 Å². The molecule has 1 N–H and O–H groups in total. The summed E-state index contributed by atoms with van der Waals surface area (Å²) in [7, 11) is 0. The minimum absolute atomic E-state index is 0.207. The van der Waals surface area contributed by atoms with Gasteiger partial charge in [-0.25, -0.2) is 0 Å². The van der Waals surface area contributed by atoms with Crippen molar-refractivity contribution in [3.05, 3.63) is 28.3 Å². The SMILES string of the molecule is Cc1c(Cl)ccc2c1N(CC(=O)O)C(=O)C2=O. The van der Waals surface area contributed by atoms with E-state index in [4.69, 9.17) is 16.7 Å². The maximum Gasteiger partial charge on any atom is 0.323 e. The second kappa shape index (κ2) is 3.85. The number of aliphatic carboxylic acids is 1. The van der Waals surface area contributed by atoms with Crippen LogP contribution in [0.15, 0.2) is 12.1 Å². The lowest BCUT2D eigenvalue weighted by Gasteiger charge is -2.16. The number of Topliss-reactive ketones (excluding diaryl/α,β-unsaturated/α-hetero) is 1. The maximum atomic E-state index is 11.6. The molecule has 1 aromatic rings. The van der Waals surface area contributed by atoms with Crippen molar-refractivity contribution < 1.29 is 19.5 Å². The van der Waals surface area contributed by atoms with E-state index >= 15 is 0 Å². The lowest BCUT2D eigenvalue weighted by atomic mass is 10.1. The van der Waals surface area contributed by atoms with E-state index in [0.717, 1.165) is 4.90 Å². The molecule has 0 atom stereocenters. The summed E-state index contributed by atoms with van der Waals surface area (Å²) in [5.41, 5.74) is 1.04. The van der Waals surface area contributed by atoms with Crippen molar-refractivity contribution in [1.82, 2.24) is 0 Å². The normalized spacial score (nSPS) is 14.1. The maximum absolute atomic E-state index is 11.6. The molecule has 5 nitrogen and oxygen atoms in total. The number of anilines is 1. The molecule has 6 heteroatoms. The molecule has 0 bridgehead atoms. The molecule has 0 aromatic heterocycles. The van der Waals surface area contributed by atoms with Crippen LogP contribution >= 0.6 is 11.6 Å². The second-order valence-corrected chi connectivity index (χ2v) is 4.09. The molecule has 1 aromatic carbocycles. The fourth-order valence-electron chi connectivity index (χ4n) is 1.83. The zero-order valence-electron chi connectivity index (χ0n) is 8.86. The summed E-state index contributed by atoms with van der Waals surface area (Å²) in [4.78, 5) is 34.9. The van der Waals surface area contributed by atoms with E-state index < -0.39 is 24.2 Å². The average Bonchev–Trinajstić information content (AvgIpc) is 2.49. The van der Waals surface area contributed by atoms with Crippen molar-refractivity contribution >= 4 is 34.9 Å². The van der Waals surface area contributed by atoms with Crippen LogP contribution in [0.1, 0.15) is 15.9 Å². The number of ketones is 1. The van der Waals surface area contributed by atoms with Crippen LogP contribution in [0, 0.1) is 6.92 Å². The molecule has 0 unspecified atom stereocenters. The van der Waals surface area contributed by atoms with Gasteiger partial charge in [0.15, 0.2) is 0 Å². The molecule has 17 heavy (non-hydrogen) atoms. The zero-order chi connectivity index (χ0) is 12.7. The number of carboxylic acid groups (broad SMARTS) is 1. The lowest BCUT2D eigenvalue weighted by Crippen LogP contribution is -2.34. The Morgan fingerprint density at radius 2 is 2.06 bits per heavy atom. The van der Waals surface area contributed by atoms with Crippen LogP contribution in [0.5, 0.6) is 0 Å². The molecule has 1 aliphatic rings. The van der Waals surface area contributed by atoms with Crippen molar-refractivity contribution in [2.24, 2.45) is 0 Å². The number of rotatable bonds is 2. The van der Waals surface area contributed by atoms with Crippen LogP contribution in [0.2, 0.25) is 5.02 Å². The number of halogens is 1. The Kier molecular flexibility index (Phi) is 2.63. The topological polar surface area (TPSA) is 74.7 Å². The lowest BCUT2D eigenvalue weighted by molar-refractivity contribution is -0.136. The summed E-state index contributed by atoms with van der Waals surface area (Å²) < 4.78 is 0. The molecule has 0 spiro atoms. The number of amides is 1. The standard InChI is InChI=1S/C11H8ClNO4/c1-5-7(12)3-2-6-9(5)13(4-8(14)15)11(17)10(6)16/h2-3H,4H2,1H3,(H,14,15). The van der Waals surface area contributed by atoms with Gasteiger partial charge in [-0.2, -0.15) is 0 Å². The van der Waals surface area contributed by atoms with Crippen LogP contribution in [-0.2, 0) is 9.59 Å². The smallest absolute Gasteiger partial charge is 0.323 e. The summed E-state index contributed by atoms with van der Waals surface area (Å²) in [6.07, 6.45) is 0. The van der Waals surface area contributed by atoms with Crippen LogP contribution < -0.4 is 4.90 Å². The number of carbonyl (C=O) groups excluding carboxylic acids is 2. The molecular formula is C11H8ClNO4. The first-order chi connectivity index (χ1) is 7.93. The van der Waals surface area contributed by atoms with Crippen LogP contribution in [0.3, 0.4) is 0 Å². The summed E-state index contributed by atoms with van der Waals surface area (Å²) in [6.45, 7) is 1.10. The van der Waals surface area contributed by atoms with Crippen molar-refractivity contribution in [2.75, 3.05) is 11.4 Å². The van der Waals surface area contributed by atoms with Gasteiger partial charge < -0.3 is 5.11 Å². The fraction of sp³-hybridized carbons (Fsp3) is 0.182. The first-order valence-corrected chi connectivity index (χ1v) is 5.18. The Morgan fingerprint density at radius 3 is 2.65 bits per heavy atom. The van der Waals surface area contributed by atoms with E-state index in [0.29, 0.717) is 16.3 Å². The summed E-state index contributed by atoms with van der Waals surface area (Å²) in [5.74, 6) is -2.70. The highest BCUT2D eigenvalue weighted by Gasteiger charge is 2.38. The molecule has 88 valence electrons. The summed E-state index contributed by atoms with van der Waals surface area (Å²) >= 11 is 5.89. The highest BCUT2D eigenvalue weighted by Crippen LogP contribution is 2.35. The van der Waals surface area contributed by atoms with Crippen molar-refractivity contribution in [3.63, 3.8) is 0 Å². The Bertz CT molecular complexity index is 553. The number of carboxylic acids is 1. The van der Waals surface area contributed by atoms with Gasteiger partial charge in [0.2, 0.25) is 0 Å². The van der Waals surface area contributed by atoms with E-state index in [1.807, 2.05) is 0 Å². The van der Waals surface area contributed by atoms with Gasteiger partial charge in [-0.05, 0) is 24.6 Å². The second-order valence-electron chi connectivity index (χ2n) is 3.68. The van der Waals surface area contributed by atoms with Crippen LogP contribution in [0.25, 0.3) is 0 Å². The Balaban J connectivity index is 2.61. The molecule has 0 saturated heterocycles. The van der Waals surface area contributed by atoms with Crippen molar-refractivity contribution in [3.8, 4) is 0 Å². The van der Waals surface area contributed by atoms with Gasteiger partial charge in [0.25, 0.3) is 11.7 Å². The largest absolute Gasteiger partial charge is 0.480 e. The number of hydrogen-bond donors (Lipinski definition) is 1. The van der Waals surface area contributed by atoms with Crippen molar-refractivity contribution in [1.29, 1.82) is 0 Å². The zero-order valence-corrected chi connectivity index (χ0v) is 9.61. The van der Waals surface area contributed by atoms with Gasteiger partial charge >= 0.3 is 5.97 Å².